The highest BCUT2D eigenvalue weighted by Crippen LogP contribution is 2.30. The topological polar surface area (TPSA) is 61.2 Å². The molecule has 3 aromatic rings. The zero-order valence-electron chi connectivity index (χ0n) is 14.4. The van der Waals surface area contributed by atoms with Crippen molar-refractivity contribution in [3.05, 3.63) is 68.7 Å². The maximum atomic E-state index is 12.7. The standard InChI is InChI=1S/C18H15BrCl2N2O3S/c1-11(2)17-10-18(23(22-17)13-5-8-15(20)16(21)9-13)26-27(24,25)14-6-3-12(19)4-7-14/h3-11H,1-2H3. The molecule has 3 rings (SSSR count). The van der Waals surface area contributed by atoms with Gasteiger partial charge in [0.05, 0.1) is 21.4 Å². The molecule has 0 atom stereocenters. The largest absolute Gasteiger partial charge is 0.358 e. The lowest BCUT2D eigenvalue weighted by Crippen LogP contribution is -2.12. The minimum absolute atomic E-state index is 0.0404. The summed E-state index contributed by atoms with van der Waals surface area (Å²) < 4.78 is 32.9. The summed E-state index contributed by atoms with van der Waals surface area (Å²) in [5.41, 5.74) is 1.22. The molecule has 1 aromatic heterocycles. The number of rotatable bonds is 5. The molecule has 0 unspecified atom stereocenters. The second-order valence-electron chi connectivity index (χ2n) is 6.06. The third-order valence-electron chi connectivity index (χ3n) is 3.73. The maximum absolute atomic E-state index is 12.7. The van der Waals surface area contributed by atoms with E-state index in [-0.39, 0.29) is 16.7 Å². The molecule has 2 aromatic carbocycles. The van der Waals surface area contributed by atoms with Crippen molar-refractivity contribution >= 4 is 49.2 Å². The monoisotopic (exact) mass is 488 g/mol. The van der Waals surface area contributed by atoms with Crippen LogP contribution in [0.15, 0.2) is 57.9 Å². The fourth-order valence-corrected chi connectivity index (χ4v) is 3.75. The summed E-state index contributed by atoms with van der Waals surface area (Å²) in [6.45, 7) is 3.91. The molecule has 0 fully saturated rings. The highest BCUT2D eigenvalue weighted by molar-refractivity contribution is 9.10. The molecule has 0 N–H and O–H groups in total. The van der Waals surface area contributed by atoms with Crippen LogP contribution in [-0.2, 0) is 10.1 Å². The van der Waals surface area contributed by atoms with E-state index in [1.807, 2.05) is 13.8 Å². The number of hydrogen-bond acceptors (Lipinski definition) is 4. The Hall–Kier alpha value is -1.54. The second-order valence-corrected chi connectivity index (χ2v) is 9.34. The van der Waals surface area contributed by atoms with Crippen LogP contribution in [0.4, 0.5) is 0 Å². The van der Waals surface area contributed by atoms with Gasteiger partial charge in [0.15, 0.2) is 0 Å². The van der Waals surface area contributed by atoms with Crippen molar-refractivity contribution in [2.45, 2.75) is 24.7 Å². The fraction of sp³-hybridized carbons (Fsp3) is 0.167. The zero-order chi connectivity index (χ0) is 19.8. The van der Waals surface area contributed by atoms with E-state index in [9.17, 15) is 8.42 Å². The second kappa shape index (κ2) is 7.83. The number of benzene rings is 2. The van der Waals surface area contributed by atoms with Crippen LogP contribution in [0.3, 0.4) is 0 Å². The molecule has 0 saturated heterocycles. The highest BCUT2D eigenvalue weighted by atomic mass is 79.9. The zero-order valence-corrected chi connectivity index (χ0v) is 18.3. The number of nitrogens with zero attached hydrogens (tertiary/aromatic N) is 2. The van der Waals surface area contributed by atoms with E-state index in [4.69, 9.17) is 27.4 Å². The quantitative estimate of drug-likeness (QED) is 0.423. The van der Waals surface area contributed by atoms with E-state index in [1.165, 1.54) is 16.8 Å². The molecule has 0 aliphatic carbocycles. The van der Waals surface area contributed by atoms with Crippen molar-refractivity contribution in [2.75, 3.05) is 0 Å². The van der Waals surface area contributed by atoms with Crippen molar-refractivity contribution in [3.63, 3.8) is 0 Å². The van der Waals surface area contributed by atoms with Crippen molar-refractivity contribution in [1.29, 1.82) is 0 Å². The number of hydrogen-bond donors (Lipinski definition) is 0. The van der Waals surface area contributed by atoms with E-state index in [2.05, 4.69) is 21.0 Å². The summed E-state index contributed by atoms with van der Waals surface area (Å²) in [6, 6.07) is 12.7. The lowest BCUT2D eigenvalue weighted by molar-refractivity contribution is 0.465. The van der Waals surface area contributed by atoms with Crippen LogP contribution in [0.2, 0.25) is 10.0 Å². The van der Waals surface area contributed by atoms with E-state index in [1.54, 1.807) is 36.4 Å². The van der Waals surface area contributed by atoms with Gasteiger partial charge >= 0.3 is 10.1 Å². The van der Waals surface area contributed by atoms with Crippen LogP contribution in [0.25, 0.3) is 5.69 Å². The molecule has 142 valence electrons. The average Bonchev–Trinajstić information content (AvgIpc) is 3.01. The van der Waals surface area contributed by atoms with Gasteiger partial charge in [0.1, 0.15) is 4.90 Å². The maximum Gasteiger partial charge on any atom is 0.340 e. The van der Waals surface area contributed by atoms with Gasteiger partial charge in [-0.05, 0) is 48.4 Å². The summed E-state index contributed by atoms with van der Waals surface area (Å²) in [5.74, 6) is 0.145. The first-order chi connectivity index (χ1) is 12.7. The molecule has 9 heteroatoms. The first kappa shape index (κ1) is 20.2. The Kier molecular flexibility index (Phi) is 5.86. The van der Waals surface area contributed by atoms with Gasteiger partial charge in [-0.1, -0.05) is 53.0 Å². The van der Waals surface area contributed by atoms with Crippen molar-refractivity contribution in [2.24, 2.45) is 0 Å². The SMILES string of the molecule is CC(C)c1cc(OS(=O)(=O)c2ccc(Br)cc2)n(-c2ccc(Cl)c(Cl)c2)n1. The predicted octanol–water partition coefficient (Wildman–Crippen LogP) is 5.83. The van der Waals surface area contributed by atoms with Crippen LogP contribution in [-0.4, -0.2) is 18.2 Å². The van der Waals surface area contributed by atoms with Crippen molar-refractivity contribution < 1.29 is 12.6 Å². The van der Waals surface area contributed by atoms with Crippen LogP contribution >= 0.6 is 39.1 Å². The Morgan fingerprint density at radius 1 is 1.04 bits per heavy atom. The van der Waals surface area contributed by atoms with Crippen LogP contribution < -0.4 is 4.18 Å². The molecule has 0 bridgehead atoms. The normalized spacial score (nSPS) is 11.8. The molecular weight excluding hydrogens is 475 g/mol. The first-order valence-electron chi connectivity index (χ1n) is 7.93. The molecule has 0 aliphatic heterocycles. The molecule has 0 radical (unpaired) electrons. The van der Waals surface area contributed by atoms with E-state index < -0.39 is 10.1 Å². The third kappa shape index (κ3) is 4.48. The minimum atomic E-state index is -4.03. The molecule has 0 aliphatic rings. The molecular formula is C18H15BrCl2N2O3S. The Morgan fingerprint density at radius 3 is 2.30 bits per heavy atom. The van der Waals surface area contributed by atoms with Gasteiger partial charge in [0.25, 0.3) is 0 Å². The van der Waals surface area contributed by atoms with Crippen molar-refractivity contribution in [1.82, 2.24) is 9.78 Å². The number of aromatic nitrogens is 2. The molecule has 0 amide bonds. The molecule has 1 heterocycles. The van der Waals surface area contributed by atoms with Gasteiger partial charge in [-0.25, -0.2) is 0 Å². The van der Waals surface area contributed by atoms with Gasteiger partial charge in [-0.3, -0.25) is 0 Å². The van der Waals surface area contributed by atoms with Gasteiger partial charge in [0, 0.05) is 10.5 Å². The van der Waals surface area contributed by atoms with Crippen LogP contribution in [0.1, 0.15) is 25.5 Å². The van der Waals surface area contributed by atoms with Gasteiger partial charge in [-0.2, -0.15) is 18.2 Å². The lowest BCUT2D eigenvalue weighted by atomic mass is 10.1. The summed E-state index contributed by atoms with van der Waals surface area (Å²) in [7, 11) is -4.03. The van der Waals surface area contributed by atoms with Crippen molar-refractivity contribution in [3.8, 4) is 11.6 Å². The van der Waals surface area contributed by atoms with E-state index in [0.717, 1.165) is 4.47 Å². The summed E-state index contributed by atoms with van der Waals surface area (Å²) in [4.78, 5) is 0.0404. The predicted molar refractivity (Wildman–Crippen MR) is 110 cm³/mol. The van der Waals surface area contributed by atoms with Crippen LogP contribution in [0, 0.1) is 0 Å². The molecule has 0 saturated carbocycles. The molecule has 27 heavy (non-hydrogen) atoms. The summed E-state index contributed by atoms with van der Waals surface area (Å²) >= 11 is 15.3. The lowest BCUT2D eigenvalue weighted by Gasteiger charge is -2.10. The van der Waals surface area contributed by atoms with Crippen LogP contribution in [0.5, 0.6) is 5.88 Å². The summed E-state index contributed by atoms with van der Waals surface area (Å²) in [5, 5.41) is 5.18. The molecule has 5 nitrogen and oxygen atoms in total. The van der Waals surface area contributed by atoms with E-state index in [0.29, 0.717) is 21.4 Å². The Labute approximate surface area is 176 Å². The third-order valence-corrected chi connectivity index (χ3v) is 6.24. The molecule has 0 spiro atoms. The summed E-state index contributed by atoms with van der Waals surface area (Å²) in [6.07, 6.45) is 0. The Balaban J connectivity index is 2.06. The average molecular weight is 490 g/mol. The Morgan fingerprint density at radius 2 is 1.70 bits per heavy atom. The Bertz CT molecular complexity index is 1080. The fourth-order valence-electron chi connectivity index (χ4n) is 2.29. The van der Waals surface area contributed by atoms with E-state index >= 15 is 0 Å². The first-order valence-corrected chi connectivity index (χ1v) is 10.9. The smallest absolute Gasteiger partial charge is 0.340 e. The number of halogens is 3. The van der Waals surface area contributed by atoms with Gasteiger partial charge in [-0.15, -0.1) is 0 Å². The highest BCUT2D eigenvalue weighted by Gasteiger charge is 2.22. The minimum Gasteiger partial charge on any atom is -0.358 e. The van der Waals surface area contributed by atoms with Gasteiger partial charge < -0.3 is 4.18 Å². The van der Waals surface area contributed by atoms with Gasteiger partial charge in [0.2, 0.25) is 5.88 Å².